The van der Waals surface area contributed by atoms with Gasteiger partial charge in [-0.3, -0.25) is 14.2 Å². The zero-order chi connectivity index (χ0) is 21.8. The predicted molar refractivity (Wildman–Crippen MR) is 121 cm³/mol. The highest BCUT2D eigenvalue weighted by molar-refractivity contribution is 6.05. The van der Waals surface area contributed by atoms with Crippen LogP contribution in [0.1, 0.15) is 23.8 Å². The topological polar surface area (TPSA) is 85.3 Å². The van der Waals surface area contributed by atoms with Crippen LogP contribution < -0.4 is 20.3 Å². The van der Waals surface area contributed by atoms with Crippen LogP contribution in [0.15, 0.2) is 71.5 Å². The van der Waals surface area contributed by atoms with Crippen LogP contribution in [0.3, 0.4) is 0 Å². The smallest absolute Gasteiger partial charge is 0.272 e. The van der Waals surface area contributed by atoms with Crippen molar-refractivity contribution < 1.29 is 14.3 Å². The SMILES string of the molecule is CCCOc1ccc(-n2c(=O)ccc3cc(C(=O)Nc4cccc(OC)c4)[nH]c32)cc1. The van der Waals surface area contributed by atoms with Crippen molar-refractivity contribution in [2.24, 2.45) is 0 Å². The highest BCUT2D eigenvalue weighted by Crippen LogP contribution is 2.21. The van der Waals surface area contributed by atoms with E-state index in [0.29, 0.717) is 35.1 Å². The maximum absolute atomic E-state index is 12.8. The molecule has 2 aromatic carbocycles. The van der Waals surface area contributed by atoms with Crippen LogP contribution in [-0.2, 0) is 0 Å². The van der Waals surface area contributed by atoms with E-state index in [-0.39, 0.29) is 11.5 Å². The van der Waals surface area contributed by atoms with Crippen LogP contribution in [0, 0.1) is 0 Å². The predicted octanol–water partition coefficient (Wildman–Crippen LogP) is 4.37. The maximum Gasteiger partial charge on any atom is 0.272 e. The third-order valence-electron chi connectivity index (χ3n) is 4.82. The molecule has 2 aromatic heterocycles. The Kier molecular flexibility index (Phi) is 5.75. The molecule has 7 nitrogen and oxygen atoms in total. The largest absolute Gasteiger partial charge is 0.497 e. The van der Waals surface area contributed by atoms with Crippen molar-refractivity contribution in [3.05, 3.63) is 82.8 Å². The highest BCUT2D eigenvalue weighted by Gasteiger charge is 2.14. The summed E-state index contributed by atoms with van der Waals surface area (Å²) in [6.45, 7) is 2.68. The third-order valence-corrected chi connectivity index (χ3v) is 4.82. The van der Waals surface area contributed by atoms with Crippen LogP contribution in [0.5, 0.6) is 11.5 Å². The van der Waals surface area contributed by atoms with E-state index in [0.717, 1.165) is 17.6 Å². The molecule has 2 heterocycles. The average molecular weight is 417 g/mol. The quantitative estimate of drug-likeness (QED) is 0.468. The molecule has 0 unspecified atom stereocenters. The number of carbonyl (C=O) groups excluding carboxylic acids is 1. The van der Waals surface area contributed by atoms with Crippen molar-refractivity contribution in [3.63, 3.8) is 0 Å². The summed E-state index contributed by atoms with van der Waals surface area (Å²) < 4.78 is 12.4. The molecule has 0 aliphatic rings. The van der Waals surface area contributed by atoms with E-state index in [1.54, 1.807) is 48.1 Å². The average Bonchev–Trinajstić information content (AvgIpc) is 3.23. The Labute approximate surface area is 179 Å². The van der Waals surface area contributed by atoms with Gasteiger partial charge < -0.3 is 19.8 Å². The lowest BCUT2D eigenvalue weighted by Gasteiger charge is -2.09. The van der Waals surface area contributed by atoms with Gasteiger partial charge in [-0.25, -0.2) is 0 Å². The van der Waals surface area contributed by atoms with Crippen LogP contribution in [0.25, 0.3) is 16.7 Å². The molecule has 2 N–H and O–H groups in total. The first kappa shape index (κ1) is 20.3. The molecule has 4 aromatic rings. The van der Waals surface area contributed by atoms with E-state index in [1.807, 2.05) is 31.2 Å². The molecule has 4 rings (SSSR count). The number of carbonyl (C=O) groups is 1. The molecule has 0 fully saturated rings. The molecule has 0 atom stereocenters. The number of amides is 1. The molecular formula is C24H23N3O4. The number of benzene rings is 2. The van der Waals surface area contributed by atoms with Gasteiger partial charge in [0.15, 0.2) is 0 Å². The number of ether oxygens (including phenoxy) is 2. The molecule has 0 radical (unpaired) electrons. The lowest BCUT2D eigenvalue weighted by Crippen LogP contribution is -2.17. The fourth-order valence-electron chi connectivity index (χ4n) is 3.31. The number of aromatic amines is 1. The Morgan fingerprint density at radius 1 is 1.03 bits per heavy atom. The summed E-state index contributed by atoms with van der Waals surface area (Å²) in [6.07, 6.45) is 0.920. The summed E-state index contributed by atoms with van der Waals surface area (Å²) in [5, 5.41) is 3.59. The monoisotopic (exact) mass is 417 g/mol. The molecule has 0 saturated heterocycles. The second-order valence-electron chi connectivity index (χ2n) is 7.02. The fraction of sp³-hybridized carbons (Fsp3) is 0.167. The Hall–Kier alpha value is -4.00. The van der Waals surface area contributed by atoms with Gasteiger partial charge in [0.2, 0.25) is 0 Å². The van der Waals surface area contributed by atoms with Crippen LogP contribution in [-0.4, -0.2) is 29.2 Å². The first-order valence-electron chi connectivity index (χ1n) is 10.0. The number of nitrogens with zero attached hydrogens (tertiary/aromatic N) is 1. The van der Waals surface area contributed by atoms with E-state index in [4.69, 9.17) is 9.47 Å². The summed E-state index contributed by atoms with van der Waals surface area (Å²) in [4.78, 5) is 28.5. The zero-order valence-corrected chi connectivity index (χ0v) is 17.3. The standard InChI is InChI=1S/C24H23N3O4/c1-3-13-31-19-10-8-18(9-11-19)27-22(28)12-7-16-14-21(26-23(16)27)24(29)25-17-5-4-6-20(15-17)30-2/h4-12,14-15,26H,3,13H2,1-2H3,(H,25,29). The van der Waals surface area contributed by atoms with Gasteiger partial charge in [0.25, 0.3) is 11.5 Å². The van der Waals surface area contributed by atoms with Gasteiger partial charge in [-0.05, 0) is 55.0 Å². The van der Waals surface area contributed by atoms with E-state index in [1.165, 1.54) is 6.07 Å². The van der Waals surface area contributed by atoms with Gasteiger partial charge in [-0.2, -0.15) is 0 Å². The van der Waals surface area contributed by atoms with Crippen LogP contribution >= 0.6 is 0 Å². The Balaban J connectivity index is 1.66. The maximum atomic E-state index is 12.8. The van der Waals surface area contributed by atoms with Gasteiger partial charge in [-0.15, -0.1) is 0 Å². The number of rotatable bonds is 7. The second kappa shape index (κ2) is 8.79. The molecule has 0 spiro atoms. The van der Waals surface area contributed by atoms with E-state index in [2.05, 4.69) is 10.3 Å². The molecule has 7 heteroatoms. The van der Waals surface area contributed by atoms with Gasteiger partial charge in [-0.1, -0.05) is 13.0 Å². The van der Waals surface area contributed by atoms with E-state index in [9.17, 15) is 9.59 Å². The van der Waals surface area contributed by atoms with E-state index < -0.39 is 0 Å². The molecule has 1 amide bonds. The Morgan fingerprint density at radius 2 is 1.84 bits per heavy atom. The summed E-state index contributed by atoms with van der Waals surface area (Å²) in [5.41, 5.74) is 1.99. The minimum absolute atomic E-state index is 0.198. The first-order valence-corrected chi connectivity index (χ1v) is 10.0. The van der Waals surface area contributed by atoms with Crippen molar-refractivity contribution in [1.82, 2.24) is 9.55 Å². The number of methoxy groups -OCH3 is 1. The lowest BCUT2D eigenvalue weighted by molar-refractivity contribution is 0.102. The van der Waals surface area contributed by atoms with Crippen LogP contribution in [0.2, 0.25) is 0 Å². The number of hydrogen-bond donors (Lipinski definition) is 2. The van der Waals surface area contributed by atoms with Gasteiger partial charge in [0.05, 0.1) is 19.4 Å². The number of hydrogen-bond acceptors (Lipinski definition) is 4. The number of nitrogens with one attached hydrogen (secondary N) is 2. The minimum Gasteiger partial charge on any atom is -0.497 e. The summed E-state index contributed by atoms with van der Waals surface area (Å²) in [5.74, 6) is 1.08. The molecular weight excluding hydrogens is 394 g/mol. The number of aromatic nitrogens is 2. The minimum atomic E-state index is -0.313. The number of anilines is 1. The Morgan fingerprint density at radius 3 is 2.58 bits per heavy atom. The highest BCUT2D eigenvalue weighted by atomic mass is 16.5. The Bertz CT molecular complexity index is 1270. The third kappa shape index (κ3) is 4.30. The van der Waals surface area contributed by atoms with Crippen molar-refractivity contribution in [2.75, 3.05) is 19.0 Å². The molecule has 0 aliphatic carbocycles. The van der Waals surface area contributed by atoms with Gasteiger partial charge in [0.1, 0.15) is 22.8 Å². The molecule has 0 aliphatic heterocycles. The van der Waals surface area contributed by atoms with Crippen molar-refractivity contribution in [2.45, 2.75) is 13.3 Å². The van der Waals surface area contributed by atoms with Crippen LogP contribution in [0.4, 0.5) is 5.69 Å². The van der Waals surface area contributed by atoms with Gasteiger partial charge >= 0.3 is 0 Å². The fourth-order valence-corrected chi connectivity index (χ4v) is 3.31. The van der Waals surface area contributed by atoms with Gasteiger partial charge in [0, 0.05) is 23.2 Å². The zero-order valence-electron chi connectivity index (χ0n) is 17.3. The summed E-state index contributed by atoms with van der Waals surface area (Å²) in [7, 11) is 1.57. The number of H-pyrrole nitrogens is 1. The molecule has 158 valence electrons. The van der Waals surface area contributed by atoms with E-state index >= 15 is 0 Å². The number of pyridine rings is 1. The summed E-state index contributed by atoms with van der Waals surface area (Å²) in [6, 6.07) is 19.3. The number of fused-ring (bicyclic) bond motifs is 1. The second-order valence-corrected chi connectivity index (χ2v) is 7.02. The molecule has 0 saturated carbocycles. The van der Waals surface area contributed by atoms with Crippen molar-refractivity contribution >= 4 is 22.6 Å². The van der Waals surface area contributed by atoms with Crippen molar-refractivity contribution in [3.8, 4) is 17.2 Å². The summed E-state index contributed by atoms with van der Waals surface area (Å²) >= 11 is 0. The normalized spacial score (nSPS) is 10.8. The first-order chi connectivity index (χ1) is 15.1. The molecule has 0 bridgehead atoms. The van der Waals surface area contributed by atoms with Crippen molar-refractivity contribution in [1.29, 1.82) is 0 Å². The molecule has 31 heavy (non-hydrogen) atoms. The lowest BCUT2D eigenvalue weighted by atomic mass is 10.2.